The van der Waals surface area contributed by atoms with Crippen LogP contribution in [0.1, 0.15) is 0 Å². The lowest BCUT2D eigenvalue weighted by atomic mass is 10.3. The normalized spacial score (nSPS) is 11.4. The fourth-order valence-corrected chi connectivity index (χ4v) is 2.86. The fraction of sp³-hybridized carbons (Fsp3) is 0.143. The molecule has 0 aliphatic carbocycles. The topological polar surface area (TPSA) is 55.4 Å². The van der Waals surface area contributed by atoms with E-state index in [4.69, 9.17) is 16.3 Å². The second-order valence-electron chi connectivity index (χ2n) is 4.27. The summed E-state index contributed by atoms with van der Waals surface area (Å²) in [7, 11) is -3.74. The molecule has 0 spiro atoms. The summed E-state index contributed by atoms with van der Waals surface area (Å²) in [4.78, 5) is -0.0475. The molecular formula is C14H12ClF2NO3S. The van der Waals surface area contributed by atoms with E-state index in [0.29, 0.717) is 0 Å². The molecule has 0 aromatic heterocycles. The Morgan fingerprint density at radius 3 is 2.32 bits per heavy atom. The second kappa shape index (κ2) is 7.04. The Labute approximate surface area is 131 Å². The molecular weight excluding hydrogens is 336 g/mol. The molecule has 0 aliphatic rings. The smallest absolute Gasteiger partial charge is 0.240 e. The highest BCUT2D eigenvalue weighted by atomic mass is 35.5. The Morgan fingerprint density at radius 2 is 1.68 bits per heavy atom. The Balaban J connectivity index is 1.89. The SMILES string of the molecule is O=S(=O)(NCCOc1ccc(F)cc1Cl)c1ccc(F)cc1. The van der Waals surface area contributed by atoms with Crippen molar-refractivity contribution in [1.29, 1.82) is 0 Å². The molecule has 1 N–H and O–H groups in total. The van der Waals surface area contributed by atoms with Gasteiger partial charge in [0.05, 0.1) is 9.92 Å². The van der Waals surface area contributed by atoms with E-state index in [1.807, 2.05) is 0 Å². The zero-order valence-electron chi connectivity index (χ0n) is 11.2. The van der Waals surface area contributed by atoms with E-state index in [1.165, 1.54) is 12.1 Å². The molecule has 0 unspecified atom stereocenters. The third kappa shape index (κ3) is 4.40. The number of hydrogen-bond donors (Lipinski definition) is 1. The molecule has 118 valence electrons. The molecule has 0 heterocycles. The first kappa shape index (κ1) is 16.7. The summed E-state index contributed by atoms with van der Waals surface area (Å²) in [6.45, 7) is -0.0147. The van der Waals surface area contributed by atoms with Crippen molar-refractivity contribution in [1.82, 2.24) is 4.72 Å². The predicted octanol–water partition coefficient (Wildman–Crippen LogP) is 2.98. The van der Waals surface area contributed by atoms with E-state index < -0.39 is 21.7 Å². The predicted molar refractivity (Wildman–Crippen MR) is 78.5 cm³/mol. The van der Waals surface area contributed by atoms with Crippen LogP contribution in [0.25, 0.3) is 0 Å². The summed E-state index contributed by atoms with van der Waals surface area (Å²) < 4.78 is 57.0. The van der Waals surface area contributed by atoms with Crippen molar-refractivity contribution in [3.05, 3.63) is 59.1 Å². The zero-order valence-corrected chi connectivity index (χ0v) is 12.8. The molecule has 0 atom stereocenters. The molecule has 0 saturated carbocycles. The fourth-order valence-electron chi connectivity index (χ4n) is 1.63. The molecule has 0 radical (unpaired) electrons. The minimum Gasteiger partial charge on any atom is -0.491 e. The molecule has 0 amide bonds. The quantitative estimate of drug-likeness (QED) is 0.817. The maximum atomic E-state index is 12.8. The van der Waals surface area contributed by atoms with Crippen molar-refractivity contribution in [3.8, 4) is 5.75 Å². The Bertz CT molecular complexity index is 751. The van der Waals surface area contributed by atoms with Crippen molar-refractivity contribution < 1.29 is 21.9 Å². The summed E-state index contributed by atoms with van der Waals surface area (Å²) in [5.41, 5.74) is 0. The van der Waals surface area contributed by atoms with Gasteiger partial charge in [-0.15, -0.1) is 0 Å². The molecule has 4 nitrogen and oxygen atoms in total. The molecule has 2 aromatic rings. The number of benzene rings is 2. The molecule has 0 aliphatic heterocycles. The van der Waals surface area contributed by atoms with Gasteiger partial charge in [0.25, 0.3) is 0 Å². The highest BCUT2D eigenvalue weighted by molar-refractivity contribution is 7.89. The lowest BCUT2D eigenvalue weighted by molar-refractivity contribution is 0.322. The minimum atomic E-state index is -3.74. The molecule has 2 rings (SSSR count). The van der Waals surface area contributed by atoms with Gasteiger partial charge in [0, 0.05) is 6.54 Å². The molecule has 8 heteroatoms. The van der Waals surface area contributed by atoms with Gasteiger partial charge < -0.3 is 4.74 Å². The number of sulfonamides is 1. The summed E-state index contributed by atoms with van der Waals surface area (Å²) in [6.07, 6.45) is 0. The lowest BCUT2D eigenvalue weighted by Gasteiger charge is -2.09. The highest BCUT2D eigenvalue weighted by Crippen LogP contribution is 2.24. The number of rotatable bonds is 6. The summed E-state index contributed by atoms with van der Waals surface area (Å²) in [6, 6.07) is 8.08. The third-order valence-electron chi connectivity index (χ3n) is 2.67. The van der Waals surface area contributed by atoms with Crippen molar-refractivity contribution in [2.45, 2.75) is 4.90 Å². The summed E-state index contributed by atoms with van der Waals surface area (Å²) >= 11 is 5.77. The highest BCUT2D eigenvalue weighted by Gasteiger charge is 2.13. The van der Waals surface area contributed by atoms with Gasteiger partial charge in [-0.2, -0.15) is 0 Å². The van der Waals surface area contributed by atoms with Gasteiger partial charge in [0.1, 0.15) is 24.0 Å². The standard InChI is InChI=1S/C14H12ClF2NO3S/c15-13-9-11(17)3-6-14(13)21-8-7-18-22(19,20)12-4-1-10(16)2-5-12/h1-6,9,18H,7-8H2. The van der Waals surface area contributed by atoms with Crippen LogP contribution in [-0.2, 0) is 10.0 Å². The van der Waals surface area contributed by atoms with Crippen molar-refractivity contribution in [2.24, 2.45) is 0 Å². The van der Waals surface area contributed by atoms with Crippen LogP contribution in [0.2, 0.25) is 5.02 Å². The van der Waals surface area contributed by atoms with Gasteiger partial charge in [-0.25, -0.2) is 21.9 Å². The van der Waals surface area contributed by atoms with Crippen LogP contribution in [0.4, 0.5) is 8.78 Å². The first-order valence-corrected chi connectivity index (χ1v) is 8.08. The van der Waals surface area contributed by atoms with Crippen LogP contribution in [0.3, 0.4) is 0 Å². The molecule has 0 saturated heterocycles. The average Bonchev–Trinajstić information content (AvgIpc) is 2.46. The van der Waals surface area contributed by atoms with Crippen LogP contribution < -0.4 is 9.46 Å². The van der Waals surface area contributed by atoms with Gasteiger partial charge in [0.2, 0.25) is 10.0 Å². The number of nitrogens with one attached hydrogen (secondary N) is 1. The van der Waals surface area contributed by atoms with E-state index in [9.17, 15) is 17.2 Å². The number of hydrogen-bond acceptors (Lipinski definition) is 3. The summed E-state index contributed by atoms with van der Waals surface area (Å²) in [5, 5.41) is 0.0985. The molecule has 0 fully saturated rings. The average molecular weight is 348 g/mol. The largest absolute Gasteiger partial charge is 0.491 e. The van der Waals surface area contributed by atoms with Crippen LogP contribution in [0, 0.1) is 11.6 Å². The van der Waals surface area contributed by atoms with Crippen molar-refractivity contribution >= 4 is 21.6 Å². The van der Waals surface area contributed by atoms with E-state index in [2.05, 4.69) is 4.72 Å². The monoisotopic (exact) mass is 347 g/mol. The number of ether oxygens (including phenoxy) is 1. The van der Waals surface area contributed by atoms with E-state index in [-0.39, 0.29) is 28.8 Å². The van der Waals surface area contributed by atoms with Gasteiger partial charge in [-0.05, 0) is 42.5 Å². The number of halogens is 3. The van der Waals surface area contributed by atoms with Crippen molar-refractivity contribution in [3.63, 3.8) is 0 Å². The Hall–Kier alpha value is -1.70. The summed E-state index contributed by atoms with van der Waals surface area (Å²) in [5.74, 6) is -0.758. The second-order valence-corrected chi connectivity index (χ2v) is 6.45. The van der Waals surface area contributed by atoms with Gasteiger partial charge >= 0.3 is 0 Å². The molecule has 22 heavy (non-hydrogen) atoms. The van der Waals surface area contributed by atoms with E-state index >= 15 is 0 Å². The maximum absolute atomic E-state index is 12.8. The molecule has 0 bridgehead atoms. The van der Waals surface area contributed by atoms with Crippen LogP contribution >= 0.6 is 11.6 Å². The van der Waals surface area contributed by atoms with Gasteiger partial charge in [0.15, 0.2) is 0 Å². The van der Waals surface area contributed by atoms with Gasteiger partial charge in [-0.3, -0.25) is 0 Å². The van der Waals surface area contributed by atoms with Crippen molar-refractivity contribution in [2.75, 3.05) is 13.2 Å². The maximum Gasteiger partial charge on any atom is 0.240 e. The van der Waals surface area contributed by atoms with E-state index in [1.54, 1.807) is 0 Å². The van der Waals surface area contributed by atoms with Crippen LogP contribution in [0.15, 0.2) is 47.4 Å². The van der Waals surface area contributed by atoms with Crippen LogP contribution in [0.5, 0.6) is 5.75 Å². The molecule has 2 aromatic carbocycles. The van der Waals surface area contributed by atoms with E-state index in [0.717, 1.165) is 30.3 Å². The lowest BCUT2D eigenvalue weighted by Crippen LogP contribution is -2.28. The Morgan fingerprint density at radius 1 is 1.05 bits per heavy atom. The first-order chi connectivity index (χ1) is 10.4. The van der Waals surface area contributed by atoms with Crippen LogP contribution in [-0.4, -0.2) is 21.6 Å². The van der Waals surface area contributed by atoms with Gasteiger partial charge in [-0.1, -0.05) is 11.6 Å². The zero-order chi connectivity index (χ0) is 16.2. The first-order valence-electron chi connectivity index (χ1n) is 6.21. The minimum absolute atomic E-state index is 0.00573. The Kier molecular flexibility index (Phi) is 5.33. The third-order valence-corrected chi connectivity index (χ3v) is 4.44.